The van der Waals surface area contributed by atoms with Crippen LogP contribution in [0.5, 0.6) is 0 Å². The van der Waals surface area contributed by atoms with Crippen LogP contribution in [0.15, 0.2) is 29.1 Å². The van der Waals surface area contributed by atoms with Gasteiger partial charge in [0, 0.05) is 5.69 Å². The number of aryl methyl sites for hydroxylation is 2. The molecule has 0 radical (unpaired) electrons. The molecular weight excluding hydrogens is 401 g/mol. The lowest BCUT2D eigenvalue weighted by atomic mass is 10.2. The molecule has 0 aliphatic heterocycles. The lowest BCUT2D eigenvalue weighted by Crippen LogP contribution is -2.25. The van der Waals surface area contributed by atoms with Gasteiger partial charge in [-0.05, 0) is 50.6 Å². The standard InChI is InChI=1S/C18H15Cl2N3O3.C2H6/c1-4-26-18(25)16-17(24)15-14(7-9(2)10(3)21-15)23(22-16)11-5-6-12(19)13(20)8-11;1-2/h5-8H,4H2,1-3H3;1-2H3. The molecule has 0 atom stereocenters. The maximum atomic E-state index is 12.7. The fourth-order valence-electron chi connectivity index (χ4n) is 2.48. The van der Waals surface area contributed by atoms with Crippen molar-refractivity contribution in [1.29, 1.82) is 0 Å². The van der Waals surface area contributed by atoms with Crippen molar-refractivity contribution in [1.82, 2.24) is 14.8 Å². The number of fused-ring (bicyclic) bond motifs is 1. The Bertz CT molecular complexity index is 1090. The number of nitrogens with zero attached hydrogens (tertiary/aromatic N) is 3. The average molecular weight is 422 g/mol. The van der Waals surface area contributed by atoms with Crippen LogP contribution in [-0.2, 0) is 4.74 Å². The van der Waals surface area contributed by atoms with E-state index in [0.29, 0.717) is 26.9 Å². The number of halogens is 2. The normalized spacial score (nSPS) is 10.4. The zero-order valence-electron chi connectivity index (χ0n) is 16.3. The Morgan fingerprint density at radius 2 is 1.82 bits per heavy atom. The molecule has 2 aromatic heterocycles. The Labute approximate surface area is 173 Å². The number of hydrogen-bond acceptors (Lipinski definition) is 5. The first-order valence-electron chi connectivity index (χ1n) is 8.87. The molecule has 3 aromatic rings. The minimum atomic E-state index is -0.798. The molecule has 0 spiro atoms. The quantitative estimate of drug-likeness (QED) is 0.561. The molecule has 0 aliphatic carbocycles. The number of benzene rings is 1. The molecule has 0 saturated heterocycles. The zero-order chi connectivity index (χ0) is 21.0. The zero-order valence-corrected chi connectivity index (χ0v) is 17.9. The Balaban J connectivity index is 0.00000136. The lowest BCUT2D eigenvalue weighted by Gasteiger charge is -2.13. The van der Waals surface area contributed by atoms with Crippen molar-refractivity contribution in [2.45, 2.75) is 34.6 Å². The van der Waals surface area contributed by atoms with Crippen molar-refractivity contribution in [2.24, 2.45) is 0 Å². The van der Waals surface area contributed by atoms with Crippen LogP contribution in [0, 0.1) is 13.8 Å². The van der Waals surface area contributed by atoms with E-state index in [9.17, 15) is 9.59 Å². The van der Waals surface area contributed by atoms with Gasteiger partial charge in [-0.25, -0.2) is 14.5 Å². The molecule has 0 fully saturated rings. The third kappa shape index (κ3) is 4.18. The largest absolute Gasteiger partial charge is 0.461 e. The van der Waals surface area contributed by atoms with Crippen LogP contribution in [0.1, 0.15) is 42.5 Å². The van der Waals surface area contributed by atoms with Crippen LogP contribution in [0.4, 0.5) is 0 Å². The number of rotatable bonds is 3. The average Bonchev–Trinajstić information content (AvgIpc) is 2.68. The summed E-state index contributed by atoms with van der Waals surface area (Å²) in [5.74, 6) is -0.798. The van der Waals surface area contributed by atoms with Gasteiger partial charge in [0.25, 0.3) is 0 Å². The van der Waals surface area contributed by atoms with Gasteiger partial charge in [0.2, 0.25) is 11.1 Å². The third-order valence-corrected chi connectivity index (χ3v) is 4.66. The molecule has 0 unspecified atom stereocenters. The number of hydrogen-bond donors (Lipinski definition) is 0. The summed E-state index contributed by atoms with van der Waals surface area (Å²) in [7, 11) is 0. The summed E-state index contributed by atoms with van der Waals surface area (Å²) in [6.07, 6.45) is 0. The molecule has 0 saturated carbocycles. The highest BCUT2D eigenvalue weighted by Gasteiger charge is 2.21. The summed E-state index contributed by atoms with van der Waals surface area (Å²) >= 11 is 12.1. The fourth-order valence-corrected chi connectivity index (χ4v) is 2.77. The van der Waals surface area contributed by atoms with Crippen LogP contribution in [0.25, 0.3) is 16.7 Å². The highest BCUT2D eigenvalue weighted by molar-refractivity contribution is 6.42. The van der Waals surface area contributed by atoms with Crippen molar-refractivity contribution in [3.8, 4) is 5.69 Å². The number of carbonyl (C=O) groups is 1. The maximum Gasteiger partial charge on any atom is 0.363 e. The van der Waals surface area contributed by atoms with Gasteiger partial charge in [-0.15, -0.1) is 0 Å². The molecular formula is C20H21Cl2N3O3. The monoisotopic (exact) mass is 421 g/mol. The van der Waals surface area contributed by atoms with E-state index >= 15 is 0 Å². The van der Waals surface area contributed by atoms with Gasteiger partial charge in [-0.3, -0.25) is 4.79 Å². The smallest absolute Gasteiger partial charge is 0.363 e. The van der Waals surface area contributed by atoms with Crippen LogP contribution < -0.4 is 5.43 Å². The molecule has 0 N–H and O–H groups in total. The minimum Gasteiger partial charge on any atom is -0.461 e. The molecule has 0 amide bonds. The van der Waals surface area contributed by atoms with E-state index in [1.807, 2.05) is 20.8 Å². The number of carbonyl (C=O) groups excluding carboxylic acids is 1. The Morgan fingerprint density at radius 3 is 2.43 bits per heavy atom. The molecule has 3 rings (SSSR count). The highest BCUT2D eigenvalue weighted by Crippen LogP contribution is 2.26. The van der Waals surface area contributed by atoms with Gasteiger partial charge in [0.05, 0.1) is 27.9 Å². The molecule has 0 aliphatic rings. The van der Waals surface area contributed by atoms with Gasteiger partial charge in [-0.1, -0.05) is 37.0 Å². The van der Waals surface area contributed by atoms with E-state index in [4.69, 9.17) is 27.9 Å². The molecule has 28 heavy (non-hydrogen) atoms. The van der Waals surface area contributed by atoms with Gasteiger partial charge >= 0.3 is 5.97 Å². The van der Waals surface area contributed by atoms with Gasteiger partial charge in [0.15, 0.2) is 0 Å². The van der Waals surface area contributed by atoms with Crippen LogP contribution in [0.2, 0.25) is 10.0 Å². The summed E-state index contributed by atoms with van der Waals surface area (Å²) in [4.78, 5) is 29.3. The molecule has 1 aromatic carbocycles. The highest BCUT2D eigenvalue weighted by atomic mass is 35.5. The number of ether oxygens (including phenoxy) is 1. The van der Waals surface area contributed by atoms with Crippen LogP contribution >= 0.6 is 23.2 Å². The van der Waals surface area contributed by atoms with E-state index in [2.05, 4.69) is 10.1 Å². The second-order valence-corrected chi connectivity index (χ2v) is 6.48. The van der Waals surface area contributed by atoms with Gasteiger partial charge < -0.3 is 4.74 Å². The maximum absolute atomic E-state index is 12.7. The van der Waals surface area contributed by atoms with Crippen molar-refractivity contribution in [3.05, 3.63) is 61.5 Å². The summed E-state index contributed by atoms with van der Waals surface area (Å²) in [5, 5.41) is 4.93. The summed E-state index contributed by atoms with van der Waals surface area (Å²) in [6, 6.07) is 6.70. The van der Waals surface area contributed by atoms with Crippen LogP contribution in [-0.4, -0.2) is 27.3 Å². The van der Waals surface area contributed by atoms with E-state index in [1.54, 1.807) is 38.1 Å². The first kappa shape index (κ1) is 21.9. The molecule has 6 nitrogen and oxygen atoms in total. The number of esters is 1. The number of pyridine rings is 1. The Hall–Kier alpha value is -2.44. The van der Waals surface area contributed by atoms with Crippen molar-refractivity contribution in [3.63, 3.8) is 0 Å². The lowest BCUT2D eigenvalue weighted by molar-refractivity contribution is 0.0516. The van der Waals surface area contributed by atoms with E-state index < -0.39 is 11.4 Å². The minimum absolute atomic E-state index is 0.130. The van der Waals surface area contributed by atoms with E-state index in [1.165, 1.54) is 4.68 Å². The summed E-state index contributed by atoms with van der Waals surface area (Å²) in [5.41, 5.74) is 1.81. The second-order valence-electron chi connectivity index (χ2n) is 5.67. The van der Waals surface area contributed by atoms with E-state index in [0.717, 1.165) is 5.56 Å². The Kier molecular flexibility index (Phi) is 7.16. The first-order chi connectivity index (χ1) is 13.3. The molecule has 0 bridgehead atoms. The SMILES string of the molecule is CC.CCOC(=O)c1nn(-c2ccc(Cl)c(Cl)c2)c2cc(C)c(C)nc2c1=O. The third-order valence-electron chi connectivity index (χ3n) is 3.92. The topological polar surface area (TPSA) is 74.1 Å². The van der Waals surface area contributed by atoms with Gasteiger partial charge in [0.1, 0.15) is 5.52 Å². The van der Waals surface area contributed by atoms with Crippen molar-refractivity contribution in [2.75, 3.05) is 6.61 Å². The second kappa shape index (κ2) is 9.17. The molecule has 2 heterocycles. The summed E-state index contributed by atoms with van der Waals surface area (Å²) in [6.45, 7) is 9.46. The molecule has 148 valence electrons. The molecule has 8 heteroatoms. The van der Waals surface area contributed by atoms with Gasteiger partial charge in [-0.2, -0.15) is 5.10 Å². The fraction of sp³-hybridized carbons (Fsp3) is 0.300. The first-order valence-corrected chi connectivity index (χ1v) is 9.63. The van der Waals surface area contributed by atoms with Crippen molar-refractivity contribution < 1.29 is 9.53 Å². The summed E-state index contributed by atoms with van der Waals surface area (Å²) < 4.78 is 6.40. The van der Waals surface area contributed by atoms with E-state index in [-0.39, 0.29) is 17.8 Å². The number of aromatic nitrogens is 3. The Morgan fingerprint density at radius 1 is 1.14 bits per heavy atom. The van der Waals surface area contributed by atoms with Crippen LogP contribution in [0.3, 0.4) is 0 Å². The predicted molar refractivity (Wildman–Crippen MR) is 112 cm³/mol. The van der Waals surface area contributed by atoms with Crippen molar-refractivity contribution >= 4 is 40.2 Å². The predicted octanol–water partition coefficient (Wildman–Crippen LogP) is 4.91.